The number of hydrogen-bond donors (Lipinski definition) is 0. The van der Waals surface area contributed by atoms with Crippen molar-refractivity contribution in [2.75, 3.05) is 14.7 Å². The molecule has 0 aliphatic carbocycles. The summed E-state index contributed by atoms with van der Waals surface area (Å²) in [5.41, 5.74) is 17.6. The van der Waals surface area contributed by atoms with Gasteiger partial charge in [-0.25, -0.2) is 0 Å². The third-order valence-corrected chi connectivity index (χ3v) is 26.3. The molecule has 0 fully saturated rings. The Morgan fingerprint density at radius 3 is 1.61 bits per heavy atom. The number of para-hydroxylation sites is 2. The number of halogens is 3. The molecule has 14 rings (SSSR count). The highest BCUT2D eigenvalue weighted by atomic mass is 32.3. The molecule has 10 heteroatoms. The van der Waals surface area contributed by atoms with Gasteiger partial charge in [0.05, 0.1) is 16.9 Å². The lowest BCUT2D eigenvalue weighted by molar-refractivity contribution is -0.137. The molecule has 4 nitrogen and oxygen atoms in total. The number of anilines is 9. The Morgan fingerprint density at radius 2 is 0.989 bits per heavy atom. The number of fused-ring (bicyclic) bond motifs is 7. The van der Waals surface area contributed by atoms with Crippen LogP contribution in [0.2, 0.25) is 0 Å². The summed E-state index contributed by atoms with van der Waals surface area (Å²) in [6, 6.07) is 81.6. The van der Waals surface area contributed by atoms with Crippen molar-refractivity contribution in [3.05, 3.63) is 253 Å². The maximum atomic E-state index is 15.5. The Morgan fingerprint density at radius 1 is 0.432 bits per heavy atom. The predicted octanol–water partition coefficient (Wildman–Crippen LogP) is 24.3. The second kappa shape index (κ2) is 22.7. The van der Waals surface area contributed by atoms with Gasteiger partial charge in [0.2, 0.25) is 0 Å². The number of furan rings is 1. The Hall–Kier alpha value is -8.70. The van der Waals surface area contributed by atoms with Crippen LogP contribution in [-0.2, 0) is 22.4 Å². The van der Waals surface area contributed by atoms with Crippen LogP contribution >= 0.6 is 21.4 Å². The van der Waals surface area contributed by atoms with Crippen LogP contribution in [0.4, 0.5) is 64.4 Å². The van der Waals surface area contributed by atoms with Crippen molar-refractivity contribution >= 4 is 116 Å². The fourth-order valence-corrected chi connectivity index (χ4v) is 22.7. The second-order valence-corrected chi connectivity index (χ2v) is 36.5. The van der Waals surface area contributed by atoms with E-state index in [1.54, 1.807) is 6.07 Å². The van der Waals surface area contributed by atoms with Crippen molar-refractivity contribution in [2.45, 2.75) is 146 Å². The van der Waals surface area contributed by atoms with Crippen LogP contribution in [-0.4, -0.2) is 16.2 Å². The van der Waals surface area contributed by atoms with Crippen molar-refractivity contribution in [1.29, 1.82) is 0 Å². The number of thiophene rings is 1. The van der Waals surface area contributed by atoms with Gasteiger partial charge in [0.25, 0.3) is 6.71 Å². The van der Waals surface area contributed by atoms with Crippen molar-refractivity contribution in [1.82, 2.24) is 0 Å². The van der Waals surface area contributed by atoms with E-state index in [4.69, 9.17) is 4.42 Å². The van der Waals surface area contributed by atoms with Crippen LogP contribution in [0.15, 0.2) is 245 Å². The van der Waals surface area contributed by atoms with E-state index in [1.165, 1.54) is 38.3 Å². The minimum atomic E-state index is -4.58. The fraction of sp³-hybridized carbons (Fsp3) is 0.247. The first-order valence-electron chi connectivity index (χ1n) is 33.1. The molecule has 0 spiro atoms. The van der Waals surface area contributed by atoms with Crippen LogP contribution in [0, 0.1) is 0 Å². The van der Waals surface area contributed by atoms with Gasteiger partial charge in [-0.05, 0) is 166 Å². The van der Waals surface area contributed by atoms with Gasteiger partial charge < -0.3 is 19.1 Å². The Balaban J connectivity index is 1.19. The van der Waals surface area contributed by atoms with Gasteiger partial charge in [0.15, 0.2) is 5.76 Å². The largest absolute Gasteiger partial charge is 0.454 e. The molecule has 2 aromatic heterocycles. The van der Waals surface area contributed by atoms with E-state index >= 15 is 13.2 Å². The number of hydrogen-bond acceptors (Lipinski definition) is 5. The zero-order chi connectivity index (χ0) is 67.1. The number of alkyl halides is 3. The molecule has 0 amide bonds. The van der Waals surface area contributed by atoms with Crippen molar-refractivity contribution in [2.24, 2.45) is 0 Å². The van der Waals surface area contributed by atoms with Gasteiger partial charge in [0, 0.05) is 65.5 Å². The van der Waals surface area contributed by atoms with Gasteiger partial charge >= 0.3 is 6.18 Å². The molecule has 0 radical (unpaired) electrons. The zero-order valence-corrected chi connectivity index (χ0v) is 58.8. The Bertz CT molecular complexity index is 4900. The number of rotatable bonds is 9. The molecule has 12 aromatic rings. The number of benzene rings is 10. The topological polar surface area (TPSA) is 22.9 Å². The van der Waals surface area contributed by atoms with Crippen LogP contribution in [0.5, 0.6) is 0 Å². The molecule has 0 saturated carbocycles. The third kappa shape index (κ3) is 10.7. The summed E-state index contributed by atoms with van der Waals surface area (Å²) >= 11 is 1.86. The smallest absolute Gasteiger partial charge is 0.416 e. The minimum Gasteiger partial charge on any atom is -0.454 e. The summed E-state index contributed by atoms with van der Waals surface area (Å²) in [4.78, 5) is 9.10. The van der Waals surface area contributed by atoms with E-state index in [1.807, 2.05) is 29.5 Å². The first kappa shape index (κ1) is 63.7. The predicted molar refractivity (Wildman–Crippen MR) is 402 cm³/mol. The van der Waals surface area contributed by atoms with E-state index in [2.05, 4.69) is 313 Å². The maximum Gasteiger partial charge on any atom is 0.416 e. The molecule has 2 aliphatic rings. The highest BCUT2D eigenvalue weighted by Crippen LogP contribution is 2.78. The summed E-state index contributed by atoms with van der Waals surface area (Å²) in [6.45, 7) is 33.5. The van der Waals surface area contributed by atoms with E-state index in [9.17, 15) is 0 Å². The Kier molecular flexibility index (Phi) is 15.2. The SMILES string of the molecule is CC(C)(C)c1ccc(N(c2ccc3c(c2)N(c2c(-c4ccccc4)oc4ccccc24)c2cc(S(c4cccc(C(F)(F)F)c4)(C(C)(C)C)C(C)(C)C)cc4c2B3c2sc3ccc(C(C)(C)C)cc3c2N4c2ccc(C(C)(C)C)cc2)c2ccccc2-c2ccccc2)cc1. The average Bonchev–Trinajstić information content (AvgIpc) is 1.64. The number of nitrogens with zero attached hydrogens (tertiary/aromatic N) is 3. The first-order valence-corrected chi connectivity index (χ1v) is 35.6. The summed E-state index contributed by atoms with van der Waals surface area (Å²) in [6.07, 6.45) is -4.58. The van der Waals surface area contributed by atoms with Crippen molar-refractivity contribution in [3.8, 4) is 22.5 Å². The van der Waals surface area contributed by atoms with E-state index in [-0.39, 0.29) is 23.0 Å². The normalized spacial score (nSPS) is 13.9. The molecule has 0 atom stereocenters. The third-order valence-electron chi connectivity index (χ3n) is 19.5. The van der Waals surface area contributed by atoms with Gasteiger partial charge in [-0.1, -0.05) is 237 Å². The van der Waals surface area contributed by atoms with Crippen LogP contribution < -0.4 is 30.4 Å². The van der Waals surface area contributed by atoms with Gasteiger partial charge in [-0.3, -0.25) is 0 Å². The first-order chi connectivity index (χ1) is 44.9. The fourth-order valence-electron chi connectivity index (χ4n) is 15.3. The molecule has 95 heavy (non-hydrogen) atoms. The molecule has 0 saturated heterocycles. The van der Waals surface area contributed by atoms with Crippen molar-refractivity contribution in [3.63, 3.8) is 0 Å². The van der Waals surface area contributed by atoms with Crippen LogP contribution in [0.3, 0.4) is 0 Å². The average molecular weight is 1290 g/mol. The molecular formula is C85H83BF3N3OS2. The lowest BCUT2D eigenvalue weighted by Gasteiger charge is -2.60. The van der Waals surface area contributed by atoms with E-state index in [0.717, 1.165) is 100 Å². The standard InChI is InChI=1S/C85H83BF3N3OS2/c1-80(2,3)56-37-42-60(43-38-56)90(69-35-24-22-33-65(69)54-27-18-16-19-28-54)62-46-47-68-70(51-62)92(76-66-34-23-25-36-73(66)93-78(76)55-29-20-17-21-30-55)72-53-64(95(83(10,11)12,84(13,14)15)63-32-26-31-59(49-63)85(87,88)89)52-71-75(72)86(68)79-77(67-50-58(82(7,8)9)41-48-74(67)94-79)91(71)61-44-39-57(40-45-61)81(4,5)6/h16-53H,1-15H3. The van der Waals surface area contributed by atoms with Crippen LogP contribution in [0.1, 0.15) is 126 Å². The quantitative estimate of drug-likeness (QED) is 0.134. The summed E-state index contributed by atoms with van der Waals surface area (Å²) in [7, 11) is -2.59. The van der Waals surface area contributed by atoms with Gasteiger partial charge in [-0.2, -0.15) is 23.2 Å². The van der Waals surface area contributed by atoms with Gasteiger partial charge in [0.1, 0.15) is 11.3 Å². The molecular weight excluding hydrogens is 1210 g/mol. The highest BCUT2D eigenvalue weighted by molar-refractivity contribution is 8.35. The molecule has 4 heterocycles. The second-order valence-electron chi connectivity index (χ2n) is 30.8. The minimum absolute atomic E-state index is 0.0851. The molecule has 0 N–H and O–H groups in total. The zero-order valence-electron chi connectivity index (χ0n) is 57.2. The lowest BCUT2D eigenvalue weighted by Crippen LogP contribution is -2.60. The Labute approximate surface area is 565 Å². The van der Waals surface area contributed by atoms with Gasteiger partial charge in [-0.15, -0.1) is 11.3 Å². The summed E-state index contributed by atoms with van der Waals surface area (Å²) in [5.74, 6) is 0.704. The molecule has 10 aromatic carbocycles. The lowest BCUT2D eigenvalue weighted by atomic mass is 9.36. The van der Waals surface area contributed by atoms with E-state index < -0.39 is 31.3 Å². The molecule has 0 unspecified atom stereocenters. The van der Waals surface area contributed by atoms with E-state index in [0.29, 0.717) is 10.7 Å². The molecule has 0 bridgehead atoms. The van der Waals surface area contributed by atoms with Crippen LogP contribution in [0.25, 0.3) is 43.5 Å². The van der Waals surface area contributed by atoms with Crippen molar-refractivity contribution < 1.29 is 17.6 Å². The highest BCUT2D eigenvalue weighted by Gasteiger charge is 2.53. The monoisotopic (exact) mass is 1290 g/mol. The molecule has 480 valence electrons. The molecule has 2 aliphatic heterocycles. The maximum absolute atomic E-state index is 15.5. The summed E-state index contributed by atoms with van der Waals surface area (Å²) in [5, 5.41) is 2.09. The summed E-state index contributed by atoms with van der Waals surface area (Å²) < 4.78 is 55.1.